The average Bonchev–Trinajstić information content (AvgIpc) is 2.93. The molecule has 0 unspecified atom stereocenters. The maximum absolute atomic E-state index is 11.2. The van der Waals surface area contributed by atoms with Crippen molar-refractivity contribution in [3.8, 4) is 11.5 Å². The molecular weight excluding hydrogens is 482 g/mol. The number of carboxylic acids is 2. The molecule has 0 bridgehead atoms. The van der Waals surface area contributed by atoms with Gasteiger partial charge in [-0.15, -0.1) is 0 Å². The largest absolute Gasteiger partial charge is 0.497 e. The molecule has 0 radical (unpaired) electrons. The minimum atomic E-state index is -1.03. The van der Waals surface area contributed by atoms with Gasteiger partial charge in [0.05, 0.1) is 24.1 Å². The Kier molecular flexibility index (Phi) is 11.4. The summed E-state index contributed by atoms with van der Waals surface area (Å²) in [6, 6.07) is 18.3. The second kappa shape index (κ2) is 15.2. The Balaban J connectivity index is 1.46. The Morgan fingerprint density at radius 3 is 2.29 bits per heavy atom. The van der Waals surface area contributed by atoms with Gasteiger partial charge in [-0.25, -0.2) is 14.6 Å². The molecule has 38 heavy (non-hydrogen) atoms. The normalized spacial score (nSPS) is 11.0. The number of aromatic carboxylic acids is 1. The number of hydrogen-bond donors (Lipinski definition) is 2. The van der Waals surface area contributed by atoms with Gasteiger partial charge in [0.1, 0.15) is 18.1 Å². The number of nitrogens with zero attached hydrogens (tertiary/aromatic N) is 1. The molecule has 2 N–H and O–H groups in total. The molecule has 0 saturated carbocycles. The first-order valence-corrected chi connectivity index (χ1v) is 12.9. The van der Waals surface area contributed by atoms with Crippen LogP contribution in [0.15, 0.2) is 66.7 Å². The van der Waals surface area contributed by atoms with Crippen molar-refractivity contribution in [2.45, 2.75) is 58.0 Å². The highest BCUT2D eigenvalue weighted by Gasteiger charge is 2.08. The van der Waals surface area contributed by atoms with Crippen LogP contribution in [-0.2, 0) is 24.2 Å². The molecule has 0 amide bonds. The summed E-state index contributed by atoms with van der Waals surface area (Å²) in [6.07, 6.45) is 11.3. The van der Waals surface area contributed by atoms with Crippen LogP contribution in [0.1, 0.15) is 71.4 Å². The summed E-state index contributed by atoms with van der Waals surface area (Å²) >= 11 is 0. The molecule has 0 spiro atoms. The van der Waals surface area contributed by atoms with E-state index in [2.05, 4.69) is 17.1 Å². The highest BCUT2D eigenvalue weighted by atomic mass is 16.5. The lowest BCUT2D eigenvalue weighted by Gasteiger charge is -2.10. The van der Waals surface area contributed by atoms with Gasteiger partial charge in [-0.1, -0.05) is 49.9 Å². The maximum Gasteiger partial charge on any atom is 0.335 e. The molecule has 0 saturated heterocycles. The van der Waals surface area contributed by atoms with Crippen LogP contribution in [0.5, 0.6) is 11.5 Å². The van der Waals surface area contributed by atoms with Crippen molar-refractivity contribution in [3.63, 3.8) is 0 Å². The molecule has 200 valence electrons. The number of methoxy groups -OCH3 is 1. The first kappa shape index (κ1) is 28.4. The molecule has 0 atom stereocenters. The van der Waals surface area contributed by atoms with Crippen molar-refractivity contribution in [2.75, 3.05) is 7.11 Å². The third-order valence-corrected chi connectivity index (χ3v) is 6.22. The van der Waals surface area contributed by atoms with Crippen molar-refractivity contribution >= 4 is 18.0 Å². The van der Waals surface area contributed by atoms with Gasteiger partial charge in [0.2, 0.25) is 0 Å². The van der Waals surface area contributed by atoms with Crippen molar-refractivity contribution in [1.82, 2.24) is 4.98 Å². The number of ether oxygens (including phenoxy) is 2. The van der Waals surface area contributed by atoms with Gasteiger partial charge in [0.25, 0.3) is 0 Å². The molecule has 0 aliphatic carbocycles. The lowest BCUT2D eigenvalue weighted by Crippen LogP contribution is -2.03. The lowest BCUT2D eigenvalue weighted by molar-refractivity contribution is -0.131. The van der Waals surface area contributed by atoms with E-state index in [-0.39, 0.29) is 12.2 Å². The van der Waals surface area contributed by atoms with E-state index >= 15 is 0 Å². The van der Waals surface area contributed by atoms with Gasteiger partial charge < -0.3 is 19.7 Å². The van der Waals surface area contributed by atoms with E-state index < -0.39 is 11.9 Å². The first-order chi connectivity index (χ1) is 18.4. The number of carboxylic acid groups (broad SMARTS) is 2. The SMILES string of the molecule is COc1cccc(CCCCCCCCc2ccc(COc3cccc(C(=O)O)c3)nc2C=CC(=O)O)c1. The van der Waals surface area contributed by atoms with Crippen LogP contribution in [0.3, 0.4) is 0 Å². The summed E-state index contributed by atoms with van der Waals surface area (Å²) in [5.74, 6) is -0.714. The van der Waals surface area contributed by atoms with Crippen molar-refractivity contribution in [2.24, 2.45) is 0 Å². The summed E-state index contributed by atoms with van der Waals surface area (Å²) < 4.78 is 11.0. The van der Waals surface area contributed by atoms with E-state index in [1.807, 2.05) is 24.3 Å². The number of aromatic nitrogens is 1. The van der Waals surface area contributed by atoms with E-state index in [1.54, 1.807) is 19.2 Å². The highest BCUT2D eigenvalue weighted by molar-refractivity contribution is 5.88. The van der Waals surface area contributed by atoms with Crippen molar-refractivity contribution in [3.05, 3.63) is 94.8 Å². The minimum absolute atomic E-state index is 0.146. The van der Waals surface area contributed by atoms with Crippen molar-refractivity contribution < 1.29 is 29.3 Å². The van der Waals surface area contributed by atoms with E-state index in [0.717, 1.165) is 55.9 Å². The number of aliphatic carboxylic acids is 1. The average molecular weight is 518 g/mol. The molecule has 0 aliphatic rings. The van der Waals surface area contributed by atoms with Crippen LogP contribution in [0.25, 0.3) is 6.08 Å². The van der Waals surface area contributed by atoms with E-state index in [1.165, 1.54) is 36.6 Å². The van der Waals surface area contributed by atoms with E-state index in [0.29, 0.717) is 17.1 Å². The topological polar surface area (TPSA) is 106 Å². The molecule has 0 aliphatic heterocycles. The third kappa shape index (κ3) is 9.73. The van der Waals surface area contributed by atoms with Crippen LogP contribution < -0.4 is 9.47 Å². The number of hydrogen-bond acceptors (Lipinski definition) is 5. The summed E-state index contributed by atoms with van der Waals surface area (Å²) in [5.41, 5.74) is 3.70. The number of benzene rings is 2. The maximum atomic E-state index is 11.2. The zero-order chi connectivity index (χ0) is 27.2. The number of pyridine rings is 1. The molecule has 3 aromatic rings. The van der Waals surface area contributed by atoms with E-state index in [4.69, 9.17) is 19.7 Å². The lowest BCUT2D eigenvalue weighted by atomic mass is 10.0. The van der Waals surface area contributed by atoms with E-state index in [9.17, 15) is 9.59 Å². The predicted octanol–water partition coefficient (Wildman–Crippen LogP) is 6.59. The quantitative estimate of drug-likeness (QED) is 0.163. The van der Waals surface area contributed by atoms with Gasteiger partial charge in [0.15, 0.2) is 0 Å². The van der Waals surface area contributed by atoms with Crippen LogP contribution >= 0.6 is 0 Å². The van der Waals surface area contributed by atoms with Crippen LogP contribution in [0, 0.1) is 0 Å². The Bertz CT molecular complexity index is 1240. The van der Waals surface area contributed by atoms with Gasteiger partial charge in [-0.2, -0.15) is 0 Å². The fourth-order valence-electron chi connectivity index (χ4n) is 4.19. The molecule has 2 aromatic carbocycles. The number of aryl methyl sites for hydroxylation is 2. The zero-order valence-electron chi connectivity index (χ0n) is 21.8. The minimum Gasteiger partial charge on any atom is -0.497 e. The number of unbranched alkanes of at least 4 members (excludes halogenated alkanes) is 5. The zero-order valence-corrected chi connectivity index (χ0v) is 21.8. The Hall–Kier alpha value is -4.13. The van der Waals surface area contributed by atoms with Gasteiger partial charge >= 0.3 is 11.9 Å². The number of rotatable bonds is 16. The summed E-state index contributed by atoms with van der Waals surface area (Å²) in [6.45, 7) is 0.146. The summed E-state index contributed by atoms with van der Waals surface area (Å²) in [7, 11) is 1.69. The molecular formula is C31H35NO6. The second-order valence-electron chi connectivity index (χ2n) is 9.11. The highest BCUT2D eigenvalue weighted by Crippen LogP contribution is 2.19. The fraction of sp³-hybridized carbons (Fsp3) is 0.323. The summed E-state index contributed by atoms with van der Waals surface area (Å²) in [4.78, 5) is 26.8. The molecule has 7 nitrogen and oxygen atoms in total. The smallest absolute Gasteiger partial charge is 0.335 e. The van der Waals surface area contributed by atoms with Crippen LogP contribution in [-0.4, -0.2) is 34.2 Å². The Morgan fingerprint density at radius 2 is 1.55 bits per heavy atom. The van der Waals surface area contributed by atoms with Gasteiger partial charge in [-0.05, 0) is 79.3 Å². The molecule has 7 heteroatoms. The predicted molar refractivity (Wildman–Crippen MR) is 147 cm³/mol. The van der Waals surface area contributed by atoms with Crippen molar-refractivity contribution in [1.29, 1.82) is 0 Å². The summed E-state index contributed by atoms with van der Waals surface area (Å²) in [5, 5.41) is 18.2. The molecule has 0 fully saturated rings. The first-order valence-electron chi connectivity index (χ1n) is 12.9. The molecule has 1 heterocycles. The second-order valence-corrected chi connectivity index (χ2v) is 9.11. The molecule has 1 aromatic heterocycles. The fourth-order valence-corrected chi connectivity index (χ4v) is 4.19. The van der Waals surface area contributed by atoms with Gasteiger partial charge in [-0.3, -0.25) is 0 Å². The van der Waals surface area contributed by atoms with Crippen LogP contribution in [0.2, 0.25) is 0 Å². The van der Waals surface area contributed by atoms with Crippen LogP contribution in [0.4, 0.5) is 0 Å². The number of carbonyl (C=O) groups is 2. The van der Waals surface area contributed by atoms with Gasteiger partial charge in [0, 0.05) is 6.08 Å². The standard InChI is InChI=1S/C31H35NO6/c1-37-27-14-8-11-23(20-27)10-6-4-2-3-5-7-12-24-16-17-26(32-29(24)18-19-30(33)34)22-38-28-15-9-13-25(21-28)31(35)36/h8-9,11,13-21H,2-7,10,12,22H2,1H3,(H,33,34)(H,35,36). The Morgan fingerprint density at radius 1 is 0.842 bits per heavy atom. The third-order valence-electron chi connectivity index (χ3n) is 6.22. The Labute approximate surface area is 223 Å². The molecule has 3 rings (SSSR count). The monoisotopic (exact) mass is 517 g/mol.